The maximum absolute atomic E-state index is 5.30. The zero-order valence-electron chi connectivity index (χ0n) is 5.68. The number of hydrogen-bond acceptors (Lipinski definition) is 1. The predicted molar refractivity (Wildman–Crippen MR) is 54.8 cm³/mol. The second-order valence-corrected chi connectivity index (χ2v) is 2.94. The Morgan fingerprint density at radius 1 is 1.40 bits per heavy atom. The molecule has 0 atom stereocenters. The van der Waals surface area contributed by atoms with Crippen molar-refractivity contribution in [2.75, 3.05) is 0 Å². The van der Waals surface area contributed by atoms with Gasteiger partial charge in [-0.05, 0) is 40.8 Å². The summed E-state index contributed by atoms with van der Waals surface area (Å²) in [5, 5.41) is 0. The quantitative estimate of drug-likeness (QED) is 0.601. The summed E-state index contributed by atoms with van der Waals surface area (Å²) in [6.45, 7) is 7.08. The van der Waals surface area contributed by atoms with Crippen LogP contribution in [-0.4, -0.2) is 0 Å². The Morgan fingerprint density at radius 2 is 2.00 bits per heavy atom. The molecule has 0 radical (unpaired) electrons. The minimum absolute atomic E-state index is 0.562. The average Bonchev–Trinajstić information content (AvgIpc) is 1.85. The molecule has 0 aliphatic carbocycles. The van der Waals surface area contributed by atoms with Gasteiger partial charge in [-0.3, -0.25) is 0 Å². The van der Waals surface area contributed by atoms with Gasteiger partial charge >= 0.3 is 0 Å². The first-order valence-electron chi connectivity index (χ1n) is 2.77. The molecule has 0 bridgehead atoms. The van der Waals surface area contributed by atoms with Gasteiger partial charge in [-0.2, -0.15) is 0 Å². The SMILES string of the molecule is C=C/C=C(I)\C=C/C(=C)N. The highest BCUT2D eigenvalue weighted by Crippen LogP contribution is 2.07. The zero-order chi connectivity index (χ0) is 7.98. The molecule has 0 aromatic carbocycles. The Hall–Kier alpha value is -0.510. The van der Waals surface area contributed by atoms with Crippen molar-refractivity contribution < 1.29 is 0 Å². The lowest BCUT2D eigenvalue weighted by molar-refractivity contribution is 1.45. The lowest BCUT2D eigenvalue weighted by Gasteiger charge is -1.86. The van der Waals surface area contributed by atoms with Crippen molar-refractivity contribution in [3.05, 3.63) is 46.7 Å². The average molecular weight is 247 g/mol. The Labute approximate surface area is 75.1 Å². The normalized spacial score (nSPS) is 11.9. The van der Waals surface area contributed by atoms with Crippen LogP contribution in [0.2, 0.25) is 0 Å². The minimum Gasteiger partial charge on any atom is -0.399 e. The van der Waals surface area contributed by atoms with Gasteiger partial charge in [0.25, 0.3) is 0 Å². The van der Waals surface area contributed by atoms with Crippen LogP contribution in [0.1, 0.15) is 0 Å². The van der Waals surface area contributed by atoms with Gasteiger partial charge in [0.15, 0.2) is 0 Å². The standard InChI is InChI=1S/C8H10IN/c1-3-4-8(9)6-5-7(2)10/h3-6H,1-2,10H2/b6-5-,8-4+. The molecule has 0 aromatic heterocycles. The van der Waals surface area contributed by atoms with Gasteiger partial charge < -0.3 is 5.73 Å². The van der Waals surface area contributed by atoms with Crippen LogP contribution in [0, 0.1) is 0 Å². The number of nitrogens with two attached hydrogens (primary N) is 1. The fourth-order valence-corrected chi connectivity index (χ4v) is 0.789. The summed E-state index contributed by atoms with van der Waals surface area (Å²) < 4.78 is 1.08. The number of halogens is 1. The first-order chi connectivity index (χ1) is 4.66. The summed E-state index contributed by atoms with van der Waals surface area (Å²) in [6, 6.07) is 0. The van der Waals surface area contributed by atoms with Gasteiger partial charge in [-0.1, -0.05) is 19.2 Å². The van der Waals surface area contributed by atoms with Crippen LogP contribution in [0.5, 0.6) is 0 Å². The molecule has 54 valence electrons. The third-order valence-corrected chi connectivity index (χ3v) is 1.45. The Kier molecular flexibility index (Phi) is 5.02. The van der Waals surface area contributed by atoms with Crippen molar-refractivity contribution in [3.63, 3.8) is 0 Å². The smallest absolute Gasteiger partial charge is 0.0241 e. The third-order valence-electron chi connectivity index (χ3n) is 0.734. The molecule has 0 amide bonds. The highest BCUT2D eigenvalue weighted by atomic mass is 127. The summed E-state index contributed by atoms with van der Waals surface area (Å²) in [7, 11) is 0. The van der Waals surface area contributed by atoms with Crippen LogP contribution in [0.15, 0.2) is 46.7 Å². The summed E-state index contributed by atoms with van der Waals surface area (Å²) >= 11 is 2.18. The van der Waals surface area contributed by atoms with Crippen molar-refractivity contribution in [2.45, 2.75) is 0 Å². The fourth-order valence-electron chi connectivity index (χ4n) is 0.355. The van der Waals surface area contributed by atoms with E-state index in [-0.39, 0.29) is 0 Å². The predicted octanol–water partition coefficient (Wildman–Crippen LogP) is 2.52. The Balaban J connectivity index is 4.01. The van der Waals surface area contributed by atoms with E-state index in [1.807, 2.05) is 12.2 Å². The molecule has 1 nitrogen and oxygen atoms in total. The molecule has 0 rings (SSSR count). The van der Waals surface area contributed by atoms with Crippen molar-refractivity contribution in [3.8, 4) is 0 Å². The molecule has 10 heavy (non-hydrogen) atoms. The molecule has 0 unspecified atom stereocenters. The molecule has 0 fully saturated rings. The van der Waals surface area contributed by atoms with Crippen LogP contribution in [-0.2, 0) is 0 Å². The lowest BCUT2D eigenvalue weighted by atomic mass is 10.4. The molecule has 0 aliphatic heterocycles. The maximum atomic E-state index is 5.30. The van der Waals surface area contributed by atoms with Gasteiger partial charge in [0.1, 0.15) is 0 Å². The van der Waals surface area contributed by atoms with Crippen LogP contribution < -0.4 is 5.73 Å². The molecule has 0 aliphatic rings. The molecular formula is C8H10IN. The summed E-state index contributed by atoms with van der Waals surface area (Å²) in [6.07, 6.45) is 7.25. The van der Waals surface area contributed by atoms with Crippen LogP contribution in [0.25, 0.3) is 0 Å². The van der Waals surface area contributed by atoms with E-state index >= 15 is 0 Å². The second-order valence-electron chi connectivity index (χ2n) is 1.70. The molecule has 2 heteroatoms. The van der Waals surface area contributed by atoms with Gasteiger partial charge in [-0.25, -0.2) is 0 Å². The molecule has 0 saturated carbocycles. The van der Waals surface area contributed by atoms with Crippen molar-refractivity contribution in [1.29, 1.82) is 0 Å². The molecule has 0 spiro atoms. The fraction of sp³-hybridized carbons (Fsp3) is 0. The minimum atomic E-state index is 0.562. The van der Waals surface area contributed by atoms with Crippen LogP contribution >= 0.6 is 22.6 Å². The van der Waals surface area contributed by atoms with E-state index in [2.05, 4.69) is 35.7 Å². The zero-order valence-corrected chi connectivity index (χ0v) is 7.84. The number of hydrogen-bond donors (Lipinski definition) is 1. The number of rotatable bonds is 3. The van der Waals surface area contributed by atoms with E-state index in [1.165, 1.54) is 0 Å². The van der Waals surface area contributed by atoms with E-state index in [1.54, 1.807) is 12.2 Å². The largest absolute Gasteiger partial charge is 0.399 e. The maximum Gasteiger partial charge on any atom is 0.0241 e. The van der Waals surface area contributed by atoms with E-state index in [0.29, 0.717) is 5.70 Å². The third kappa shape index (κ3) is 5.62. The van der Waals surface area contributed by atoms with E-state index in [4.69, 9.17) is 5.73 Å². The van der Waals surface area contributed by atoms with E-state index < -0.39 is 0 Å². The topological polar surface area (TPSA) is 26.0 Å². The molecule has 2 N–H and O–H groups in total. The van der Waals surface area contributed by atoms with Gasteiger partial charge in [0, 0.05) is 9.28 Å². The summed E-state index contributed by atoms with van der Waals surface area (Å²) in [5.74, 6) is 0. The Morgan fingerprint density at radius 3 is 2.40 bits per heavy atom. The molecule has 0 heterocycles. The van der Waals surface area contributed by atoms with Crippen molar-refractivity contribution in [1.82, 2.24) is 0 Å². The summed E-state index contributed by atoms with van der Waals surface area (Å²) in [5.41, 5.74) is 5.86. The lowest BCUT2D eigenvalue weighted by Crippen LogP contribution is -1.87. The van der Waals surface area contributed by atoms with Crippen molar-refractivity contribution in [2.24, 2.45) is 5.73 Å². The monoisotopic (exact) mass is 247 g/mol. The molecule has 0 saturated heterocycles. The molecular weight excluding hydrogens is 237 g/mol. The highest BCUT2D eigenvalue weighted by molar-refractivity contribution is 14.1. The van der Waals surface area contributed by atoms with Crippen LogP contribution in [0.3, 0.4) is 0 Å². The highest BCUT2D eigenvalue weighted by Gasteiger charge is 1.79. The summed E-state index contributed by atoms with van der Waals surface area (Å²) in [4.78, 5) is 0. The van der Waals surface area contributed by atoms with Gasteiger partial charge in [0.05, 0.1) is 0 Å². The van der Waals surface area contributed by atoms with E-state index in [9.17, 15) is 0 Å². The molecule has 0 aromatic rings. The Bertz CT molecular complexity index is 189. The van der Waals surface area contributed by atoms with E-state index in [0.717, 1.165) is 3.58 Å². The second kappa shape index (κ2) is 5.29. The van der Waals surface area contributed by atoms with Crippen molar-refractivity contribution >= 4 is 22.6 Å². The first kappa shape index (κ1) is 9.49. The van der Waals surface area contributed by atoms with Gasteiger partial charge in [-0.15, -0.1) is 0 Å². The number of allylic oxidation sites excluding steroid dienone is 5. The van der Waals surface area contributed by atoms with Crippen LogP contribution in [0.4, 0.5) is 0 Å². The first-order valence-corrected chi connectivity index (χ1v) is 3.85. The van der Waals surface area contributed by atoms with Gasteiger partial charge in [0.2, 0.25) is 0 Å².